The summed E-state index contributed by atoms with van der Waals surface area (Å²) in [6, 6.07) is 1.90. The molecular weight excluding hydrogens is 257 g/mol. The molecule has 114 valence electrons. The van der Waals surface area contributed by atoms with E-state index >= 15 is 0 Å². The molecule has 4 nitrogen and oxygen atoms in total. The molecule has 1 aromatic heterocycles. The Morgan fingerprint density at radius 2 is 2.20 bits per heavy atom. The van der Waals surface area contributed by atoms with Crippen LogP contribution in [0, 0.1) is 5.82 Å². The molecule has 1 aromatic rings. The van der Waals surface area contributed by atoms with Crippen LogP contribution in [0.15, 0.2) is 12.3 Å². The maximum atomic E-state index is 13.4. The van der Waals surface area contributed by atoms with Gasteiger partial charge in [0.05, 0.1) is 12.8 Å². The number of rotatable bonds is 9. The van der Waals surface area contributed by atoms with Gasteiger partial charge in [-0.25, -0.2) is 9.37 Å². The minimum absolute atomic E-state index is 0.294. The van der Waals surface area contributed by atoms with Crippen molar-refractivity contribution in [2.75, 3.05) is 31.7 Å². The number of nitrogens with zero attached hydrogens (tertiary/aromatic N) is 2. The number of halogens is 1. The van der Waals surface area contributed by atoms with Crippen LogP contribution in [-0.4, -0.2) is 37.8 Å². The van der Waals surface area contributed by atoms with Crippen molar-refractivity contribution < 1.29 is 9.13 Å². The van der Waals surface area contributed by atoms with Crippen molar-refractivity contribution in [1.29, 1.82) is 0 Å². The zero-order valence-electron chi connectivity index (χ0n) is 12.9. The lowest BCUT2D eigenvalue weighted by Crippen LogP contribution is -2.37. The lowest BCUT2D eigenvalue weighted by atomic mass is 10.1. The third kappa shape index (κ3) is 4.72. The van der Waals surface area contributed by atoms with Crippen LogP contribution >= 0.6 is 0 Å². The number of ether oxygens (including phenoxy) is 1. The summed E-state index contributed by atoms with van der Waals surface area (Å²) in [4.78, 5) is 6.50. The molecule has 0 radical (unpaired) electrons. The number of hydrogen-bond acceptors (Lipinski definition) is 4. The standard InChI is InChI=1S/C15H26FN3O/c1-5-12(3)19(7-8-20-4)15-13(10-17-6-2)9-14(16)11-18-15/h9,11-12,17H,5-8,10H2,1-4H3. The fourth-order valence-electron chi connectivity index (χ4n) is 2.07. The molecule has 1 atom stereocenters. The highest BCUT2D eigenvalue weighted by atomic mass is 19.1. The van der Waals surface area contributed by atoms with E-state index in [-0.39, 0.29) is 5.82 Å². The summed E-state index contributed by atoms with van der Waals surface area (Å²) in [7, 11) is 1.69. The SMILES string of the molecule is CCNCc1cc(F)cnc1N(CCOC)C(C)CC. The molecular formula is C15H26FN3O. The van der Waals surface area contributed by atoms with Gasteiger partial charge in [-0.1, -0.05) is 13.8 Å². The summed E-state index contributed by atoms with van der Waals surface area (Å²) in [5, 5.41) is 3.24. The molecule has 0 amide bonds. The molecule has 1 heterocycles. The summed E-state index contributed by atoms with van der Waals surface area (Å²) in [6.07, 6.45) is 2.29. The molecule has 0 aliphatic heterocycles. The van der Waals surface area contributed by atoms with Crippen LogP contribution in [0.2, 0.25) is 0 Å². The summed E-state index contributed by atoms with van der Waals surface area (Å²) in [5.74, 6) is 0.552. The Kier molecular flexibility index (Phi) is 7.47. The van der Waals surface area contributed by atoms with Crippen molar-refractivity contribution in [1.82, 2.24) is 10.3 Å². The van der Waals surface area contributed by atoms with Crippen LogP contribution in [0.3, 0.4) is 0 Å². The predicted molar refractivity (Wildman–Crippen MR) is 80.6 cm³/mol. The van der Waals surface area contributed by atoms with E-state index in [1.165, 1.54) is 6.20 Å². The molecule has 5 heteroatoms. The zero-order chi connectivity index (χ0) is 15.0. The van der Waals surface area contributed by atoms with Gasteiger partial charge in [0.2, 0.25) is 0 Å². The molecule has 20 heavy (non-hydrogen) atoms. The van der Waals surface area contributed by atoms with E-state index in [1.807, 2.05) is 6.92 Å². The Labute approximate surface area is 121 Å². The number of aromatic nitrogens is 1. The van der Waals surface area contributed by atoms with Crippen LogP contribution in [0.1, 0.15) is 32.8 Å². The van der Waals surface area contributed by atoms with E-state index in [2.05, 4.69) is 29.0 Å². The molecule has 1 rings (SSSR count). The lowest BCUT2D eigenvalue weighted by molar-refractivity contribution is 0.203. The predicted octanol–water partition coefficient (Wildman–Crippen LogP) is 2.58. The molecule has 0 saturated heterocycles. The topological polar surface area (TPSA) is 37.4 Å². The first-order chi connectivity index (χ1) is 9.63. The molecule has 0 spiro atoms. The first kappa shape index (κ1) is 16.9. The van der Waals surface area contributed by atoms with Gasteiger partial charge in [-0.15, -0.1) is 0 Å². The van der Waals surface area contributed by atoms with E-state index in [0.29, 0.717) is 19.2 Å². The molecule has 0 aliphatic carbocycles. The van der Waals surface area contributed by atoms with Crippen molar-refractivity contribution in [3.8, 4) is 0 Å². The number of nitrogens with one attached hydrogen (secondary N) is 1. The minimum atomic E-state index is -0.294. The van der Waals surface area contributed by atoms with E-state index in [9.17, 15) is 4.39 Å². The molecule has 1 unspecified atom stereocenters. The fraction of sp³-hybridized carbons (Fsp3) is 0.667. The average molecular weight is 283 g/mol. The maximum absolute atomic E-state index is 13.4. The van der Waals surface area contributed by atoms with Gasteiger partial charge < -0.3 is 15.0 Å². The van der Waals surface area contributed by atoms with Gasteiger partial charge in [-0.3, -0.25) is 0 Å². The molecule has 0 fully saturated rings. The largest absolute Gasteiger partial charge is 0.383 e. The molecule has 0 aromatic carbocycles. The van der Waals surface area contributed by atoms with Crippen molar-refractivity contribution in [3.63, 3.8) is 0 Å². The van der Waals surface area contributed by atoms with E-state index in [4.69, 9.17) is 4.74 Å². The smallest absolute Gasteiger partial charge is 0.141 e. The van der Waals surface area contributed by atoms with Crippen molar-refractivity contribution >= 4 is 5.82 Å². The Morgan fingerprint density at radius 3 is 2.80 bits per heavy atom. The van der Waals surface area contributed by atoms with Gasteiger partial charge in [-0.2, -0.15) is 0 Å². The van der Waals surface area contributed by atoms with E-state index in [1.54, 1.807) is 13.2 Å². The molecule has 0 aliphatic rings. The Hall–Kier alpha value is -1.20. The quantitative estimate of drug-likeness (QED) is 0.756. The second kappa shape index (κ2) is 8.87. The van der Waals surface area contributed by atoms with Gasteiger partial charge in [0.25, 0.3) is 0 Å². The number of pyridine rings is 1. The monoisotopic (exact) mass is 283 g/mol. The third-order valence-electron chi connectivity index (χ3n) is 3.41. The Balaban J connectivity index is 3.03. The van der Waals surface area contributed by atoms with Crippen LogP contribution in [0.25, 0.3) is 0 Å². The Bertz CT molecular complexity index is 401. The fourth-order valence-corrected chi connectivity index (χ4v) is 2.07. The van der Waals surface area contributed by atoms with Gasteiger partial charge in [0.15, 0.2) is 0 Å². The maximum Gasteiger partial charge on any atom is 0.141 e. The average Bonchev–Trinajstić information content (AvgIpc) is 2.46. The normalized spacial score (nSPS) is 12.4. The first-order valence-electron chi connectivity index (χ1n) is 7.24. The molecule has 1 N–H and O–H groups in total. The summed E-state index contributed by atoms with van der Waals surface area (Å²) in [6.45, 7) is 9.17. The third-order valence-corrected chi connectivity index (χ3v) is 3.41. The second-order valence-corrected chi connectivity index (χ2v) is 4.86. The van der Waals surface area contributed by atoms with E-state index < -0.39 is 0 Å². The van der Waals surface area contributed by atoms with Gasteiger partial charge >= 0.3 is 0 Å². The van der Waals surface area contributed by atoms with Crippen molar-refractivity contribution in [3.05, 3.63) is 23.6 Å². The first-order valence-corrected chi connectivity index (χ1v) is 7.24. The zero-order valence-corrected chi connectivity index (χ0v) is 12.9. The molecule has 0 bridgehead atoms. The number of anilines is 1. The van der Waals surface area contributed by atoms with Crippen LogP contribution in [-0.2, 0) is 11.3 Å². The van der Waals surface area contributed by atoms with Gasteiger partial charge in [0, 0.05) is 31.8 Å². The van der Waals surface area contributed by atoms with Crippen LogP contribution < -0.4 is 10.2 Å². The summed E-state index contributed by atoms with van der Waals surface area (Å²) >= 11 is 0. The second-order valence-electron chi connectivity index (χ2n) is 4.86. The number of methoxy groups -OCH3 is 1. The highest BCUT2D eigenvalue weighted by Crippen LogP contribution is 2.21. The highest BCUT2D eigenvalue weighted by molar-refractivity contribution is 5.47. The van der Waals surface area contributed by atoms with Gasteiger partial charge in [-0.05, 0) is 26.0 Å². The van der Waals surface area contributed by atoms with Crippen molar-refractivity contribution in [2.45, 2.75) is 39.8 Å². The Morgan fingerprint density at radius 1 is 1.45 bits per heavy atom. The summed E-state index contributed by atoms with van der Waals surface area (Å²) in [5.41, 5.74) is 0.892. The highest BCUT2D eigenvalue weighted by Gasteiger charge is 2.18. The summed E-state index contributed by atoms with van der Waals surface area (Å²) < 4.78 is 18.6. The van der Waals surface area contributed by atoms with Gasteiger partial charge in [0.1, 0.15) is 11.6 Å². The van der Waals surface area contributed by atoms with Crippen LogP contribution in [0.4, 0.5) is 10.2 Å². The minimum Gasteiger partial charge on any atom is -0.383 e. The van der Waals surface area contributed by atoms with Crippen LogP contribution in [0.5, 0.6) is 0 Å². The lowest BCUT2D eigenvalue weighted by Gasteiger charge is -2.31. The number of hydrogen-bond donors (Lipinski definition) is 1. The molecule has 0 saturated carbocycles. The van der Waals surface area contributed by atoms with Crippen molar-refractivity contribution in [2.24, 2.45) is 0 Å². The van der Waals surface area contributed by atoms with E-state index in [0.717, 1.165) is 30.9 Å².